The summed E-state index contributed by atoms with van der Waals surface area (Å²) >= 11 is 0. The Labute approximate surface area is 181 Å². The molecule has 1 aromatic carbocycles. The topological polar surface area (TPSA) is 118 Å². The third-order valence-corrected chi connectivity index (χ3v) is 5.40. The van der Waals surface area contributed by atoms with Gasteiger partial charge >= 0.3 is 5.69 Å². The minimum atomic E-state index is -0.355. The zero-order chi connectivity index (χ0) is 22.4. The van der Waals surface area contributed by atoms with Crippen molar-refractivity contribution in [3.05, 3.63) is 71.7 Å². The number of benzene rings is 1. The molecule has 9 nitrogen and oxygen atoms in total. The number of rotatable bonds is 4. The number of nitrogens with zero attached hydrogens (tertiary/aromatic N) is 6. The van der Waals surface area contributed by atoms with Crippen molar-refractivity contribution >= 4 is 39.2 Å². The SMILES string of the molecule is CC(=N)C(=C=N)n1c(=O)n(C)c2cnc3ccc(-c4ccc(-n5cccn5)nc4)cc3c21. The molecule has 0 aliphatic rings. The van der Waals surface area contributed by atoms with Gasteiger partial charge in [0.2, 0.25) is 0 Å². The molecule has 4 aromatic heterocycles. The molecular formula is C23H18N8O. The summed E-state index contributed by atoms with van der Waals surface area (Å²) in [6.07, 6.45) is 6.93. The van der Waals surface area contributed by atoms with E-state index in [-0.39, 0.29) is 17.1 Å². The summed E-state index contributed by atoms with van der Waals surface area (Å²) in [7, 11) is 1.65. The van der Waals surface area contributed by atoms with Crippen molar-refractivity contribution in [3.8, 4) is 16.9 Å². The standard InChI is InChI=1S/C23H18N8O/c1-14(25)19(11-24)31-22-17-10-15(4-6-18(17)26-13-20(22)29(2)23(31)32)16-5-7-21(27-12-16)30-9-3-8-28-30/h3-10,12-13,24-25H,1-2H3. The zero-order valence-electron chi connectivity index (χ0n) is 17.4. The van der Waals surface area contributed by atoms with Crippen LogP contribution in [-0.4, -0.2) is 40.5 Å². The van der Waals surface area contributed by atoms with Gasteiger partial charge in [-0.3, -0.25) is 15.0 Å². The first-order chi connectivity index (χ1) is 15.5. The van der Waals surface area contributed by atoms with E-state index in [2.05, 4.69) is 20.9 Å². The molecule has 0 aliphatic heterocycles. The normalized spacial score (nSPS) is 11.1. The van der Waals surface area contributed by atoms with Crippen LogP contribution in [0.1, 0.15) is 6.92 Å². The van der Waals surface area contributed by atoms with E-state index < -0.39 is 0 Å². The minimum absolute atomic E-state index is 0.0779. The van der Waals surface area contributed by atoms with Crippen molar-refractivity contribution in [1.82, 2.24) is 28.9 Å². The van der Waals surface area contributed by atoms with Gasteiger partial charge in [-0.2, -0.15) is 5.10 Å². The lowest BCUT2D eigenvalue weighted by molar-refractivity contribution is 0.847. The maximum Gasteiger partial charge on any atom is 0.334 e. The molecule has 0 fully saturated rings. The van der Waals surface area contributed by atoms with Crippen LogP contribution in [0.15, 0.2) is 66.0 Å². The highest BCUT2D eigenvalue weighted by atomic mass is 16.1. The Bertz CT molecular complexity index is 1620. The summed E-state index contributed by atoms with van der Waals surface area (Å²) in [5, 5.41) is 20.6. The molecular weight excluding hydrogens is 404 g/mol. The maximum atomic E-state index is 13.0. The number of allylic oxidation sites excluding steroid dienone is 1. The summed E-state index contributed by atoms with van der Waals surface area (Å²) in [6.45, 7) is 1.53. The first-order valence-electron chi connectivity index (χ1n) is 9.82. The summed E-state index contributed by atoms with van der Waals surface area (Å²) < 4.78 is 4.51. The first-order valence-corrected chi connectivity index (χ1v) is 9.82. The summed E-state index contributed by atoms with van der Waals surface area (Å²) in [6, 6.07) is 11.5. The van der Waals surface area contributed by atoms with E-state index in [1.165, 1.54) is 16.1 Å². The van der Waals surface area contributed by atoms with E-state index in [4.69, 9.17) is 10.8 Å². The van der Waals surface area contributed by atoms with Crippen LogP contribution in [-0.2, 0) is 7.05 Å². The Morgan fingerprint density at radius 2 is 1.91 bits per heavy atom. The molecule has 0 aliphatic carbocycles. The quantitative estimate of drug-likeness (QED) is 0.432. The van der Waals surface area contributed by atoms with Crippen LogP contribution < -0.4 is 5.69 Å². The van der Waals surface area contributed by atoms with Crippen molar-refractivity contribution in [1.29, 1.82) is 10.8 Å². The van der Waals surface area contributed by atoms with E-state index in [1.807, 2.05) is 42.6 Å². The fraction of sp³-hybridized carbons (Fsp3) is 0.0870. The second-order valence-electron chi connectivity index (χ2n) is 7.36. The molecule has 0 spiro atoms. The highest BCUT2D eigenvalue weighted by Crippen LogP contribution is 2.29. The molecule has 0 atom stereocenters. The Hall–Kier alpha value is -4.62. The van der Waals surface area contributed by atoms with Crippen molar-refractivity contribution < 1.29 is 0 Å². The lowest BCUT2D eigenvalue weighted by atomic mass is 10.0. The van der Waals surface area contributed by atoms with Crippen LogP contribution in [0.2, 0.25) is 0 Å². The third-order valence-electron chi connectivity index (χ3n) is 5.40. The lowest BCUT2D eigenvalue weighted by Gasteiger charge is -2.09. The monoisotopic (exact) mass is 422 g/mol. The fourth-order valence-corrected chi connectivity index (χ4v) is 3.80. The molecule has 5 rings (SSSR count). The fourth-order valence-electron chi connectivity index (χ4n) is 3.80. The molecule has 32 heavy (non-hydrogen) atoms. The van der Waals surface area contributed by atoms with Gasteiger partial charge in [-0.25, -0.2) is 19.0 Å². The largest absolute Gasteiger partial charge is 0.334 e. The number of hydrogen-bond acceptors (Lipinski definition) is 6. The van der Waals surface area contributed by atoms with Crippen LogP contribution >= 0.6 is 0 Å². The van der Waals surface area contributed by atoms with Gasteiger partial charge in [-0.15, -0.1) is 0 Å². The number of aryl methyl sites for hydroxylation is 1. The van der Waals surface area contributed by atoms with Crippen molar-refractivity contribution in [2.75, 3.05) is 0 Å². The predicted octanol–water partition coefficient (Wildman–Crippen LogP) is 3.26. The number of imidazole rings is 1. The second-order valence-corrected chi connectivity index (χ2v) is 7.36. The van der Waals surface area contributed by atoms with Gasteiger partial charge in [-0.05, 0) is 42.8 Å². The van der Waals surface area contributed by atoms with E-state index in [0.29, 0.717) is 22.4 Å². The molecule has 0 unspecified atom stereocenters. The summed E-state index contributed by atoms with van der Waals surface area (Å²) in [5.74, 6) is 2.96. The van der Waals surface area contributed by atoms with Crippen LogP contribution in [0.25, 0.3) is 44.6 Å². The van der Waals surface area contributed by atoms with Gasteiger partial charge in [-0.1, -0.05) is 6.07 Å². The average molecular weight is 422 g/mol. The first kappa shape index (κ1) is 19.3. The van der Waals surface area contributed by atoms with Crippen LogP contribution in [0.3, 0.4) is 0 Å². The van der Waals surface area contributed by atoms with Crippen molar-refractivity contribution in [3.63, 3.8) is 0 Å². The van der Waals surface area contributed by atoms with E-state index in [9.17, 15) is 4.79 Å². The number of hydrogen-bond donors (Lipinski definition) is 2. The lowest BCUT2D eigenvalue weighted by Crippen LogP contribution is -2.24. The minimum Gasteiger partial charge on any atom is -0.303 e. The zero-order valence-corrected chi connectivity index (χ0v) is 17.4. The van der Waals surface area contributed by atoms with Crippen LogP contribution in [0.5, 0.6) is 0 Å². The second kappa shape index (κ2) is 7.26. The van der Waals surface area contributed by atoms with E-state index in [1.54, 1.807) is 30.3 Å². The van der Waals surface area contributed by atoms with Crippen LogP contribution in [0, 0.1) is 10.8 Å². The molecule has 0 bridgehead atoms. The molecule has 0 saturated carbocycles. The number of pyridine rings is 2. The van der Waals surface area contributed by atoms with Gasteiger partial charge < -0.3 is 5.41 Å². The Morgan fingerprint density at radius 1 is 1.09 bits per heavy atom. The predicted molar refractivity (Wildman–Crippen MR) is 124 cm³/mol. The molecule has 2 N–H and O–H groups in total. The van der Waals surface area contributed by atoms with Crippen molar-refractivity contribution in [2.45, 2.75) is 6.92 Å². The van der Waals surface area contributed by atoms with E-state index >= 15 is 0 Å². The molecule has 0 amide bonds. The molecule has 9 heteroatoms. The molecule has 0 saturated heterocycles. The molecule has 5 aromatic rings. The van der Waals surface area contributed by atoms with Crippen molar-refractivity contribution in [2.24, 2.45) is 7.05 Å². The van der Waals surface area contributed by atoms with Gasteiger partial charge in [0, 0.05) is 42.5 Å². The van der Waals surface area contributed by atoms with Gasteiger partial charge in [0.15, 0.2) is 5.82 Å². The highest BCUT2D eigenvalue weighted by Gasteiger charge is 2.19. The Balaban J connectivity index is 1.75. The highest BCUT2D eigenvalue weighted by molar-refractivity contribution is 6.25. The average Bonchev–Trinajstić information content (AvgIpc) is 3.43. The number of fused-ring (bicyclic) bond motifs is 3. The number of aromatic nitrogens is 6. The van der Waals surface area contributed by atoms with E-state index in [0.717, 1.165) is 16.5 Å². The van der Waals surface area contributed by atoms with Gasteiger partial charge in [0.1, 0.15) is 5.70 Å². The Kier molecular flexibility index (Phi) is 4.39. The maximum absolute atomic E-state index is 13.0. The third kappa shape index (κ3) is 2.88. The summed E-state index contributed by atoms with van der Waals surface area (Å²) in [4.78, 5) is 22.0. The Morgan fingerprint density at radius 3 is 2.56 bits per heavy atom. The van der Waals surface area contributed by atoms with Gasteiger partial charge in [0.05, 0.1) is 28.5 Å². The smallest absolute Gasteiger partial charge is 0.303 e. The summed E-state index contributed by atoms with van der Waals surface area (Å²) in [5.41, 5.74) is 3.53. The molecule has 0 radical (unpaired) electrons. The number of nitrogens with one attached hydrogen (secondary N) is 2. The van der Waals surface area contributed by atoms with Crippen LogP contribution in [0.4, 0.5) is 0 Å². The molecule has 4 heterocycles. The van der Waals surface area contributed by atoms with Gasteiger partial charge in [0.25, 0.3) is 0 Å². The molecule has 156 valence electrons.